The summed E-state index contributed by atoms with van der Waals surface area (Å²) in [6, 6.07) is 13.0. The normalized spacial score (nSPS) is 11.2. The molecule has 0 spiro atoms. The first-order chi connectivity index (χ1) is 9.10. The zero-order chi connectivity index (χ0) is 13.8. The molecule has 0 heterocycles. The molecular weight excluding hydrogens is 284 g/mol. The summed E-state index contributed by atoms with van der Waals surface area (Å²) < 4.78 is 13.0. The minimum Gasteiger partial charge on any atom is -0.207 e. The first kappa shape index (κ1) is 13.6. The summed E-state index contributed by atoms with van der Waals surface area (Å²) in [5.41, 5.74) is 1.69. The third-order valence-electron chi connectivity index (χ3n) is 2.52. The van der Waals surface area contributed by atoms with Gasteiger partial charge < -0.3 is 0 Å². The number of benzene rings is 2. The van der Waals surface area contributed by atoms with Crippen molar-refractivity contribution in [3.8, 4) is 6.07 Å². The fraction of sp³-hybridized carbons (Fsp3) is 0. The van der Waals surface area contributed by atoms with Crippen LogP contribution in [0.3, 0.4) is 0 Å². The predicted octanol–water partition coefficient (Wildman–Crippen LogP) is 5.20. The van der Waals surface area contributed by atoms with Gasteiger partial charge in [0.25, 0.3) is 0 Å². The van der Waals surface area contributed by atoms with Crippen molar-refractivity contribution in [2.75, 3.05) is 0 Å². The van der Waals surface area contributed by atoms with Crippen LogP contribution in [0.15, 0.2) is 42.5 Å². The third kappa shape index (κ3) is 3.35. The molecule has 0 aromatic heterocycles. The molecule has 94 valence electrons. The summed E-state index contributed by atoms with van der Waals surface area (Å²) in [5.74, 6) is -0.433. The second kappa shape index (κ2) is 5.88. The number of nitriles is 1. The van der Waals surface area contributed by atoms with Gasteiger partial charge in [-0.2, -0.15) is 5.26 Å². The van der Waals surface area contributed by atoms with Gasteiger partial charge in [-0.3, -0.25) is 0 Å². The molecule has 0 saturated carbocycles. The van der Waals surface area contributed by atoms with Crippen molar-refractivity contribution < 1.29 is 4.39 Å². The summed E-state index contributed by atoms with van der Waals surface area (Å²) in [6.45, 7) is 0. The van der Waals surface area contributed by atoms with Crippen LogP contribution < -0.4 is 0 Å². The SMILES string of the molecule is N#CC(=Cc1ccc(Cl)cc1)c1ccc(F)cc1Cl. The maximum Gasteiger partial charge on any atom is 0.124 e. The Morgan fingerprint density at radius 3 is 2.37 bits per heavy atom. The Morgan fingerprint density at radius 2 is 1.79 bits per heavy atom. The highest BCUT2D eigenvalue weighted by molar-refractivity contribution is 6.32. The molecule has 0 aliphatic rings. The molecule has 0 aliphatic heterocycles. The van der Waals surface area contributed by atoms with Crippen LogP contribution in [0.5, 0.6) is 0 Å². The van der Waals surface area contributed by atoms with Gasteiger partial charge in [0.1, 0.15) is 5.82 Å². The molecule has 0 N–H and O–H groups in total. The Hall–Kier alpha value is -1.82. The van der Waals surface area contributed by atoms with Gasteiger partial charge in [-0.25, -0.2) is 4.39 Å². The maximum absolute atomic E-state index is 13.0. The lowest BCUT2D eigenvalue weighted by atomic mass is 10.0. The quantitative estimate of drug-likeness (QED) is 0.551. The number of hydrogen-bond donors (Lipinski definition) is 0. The van der Waals surface area contributed by atoms with Crippen LogP contribution >= 0.6 is 23.2 Å². The molecule has 4 heteroatoms. The summed E-state index contributed by atoms with van der Waals surface area (Å²) in [7, 11) is 0. The van der Waals surface area contributed by atoms with Crippen molar-refractivity contribution >= 4 is 34.9 Å². The molecule has 19 heavy (non-hydrogen) atoms. The average Bonchev–Trinajstić information content (AvgIpc) is 2.39. The molecule has 0 bridgehead atoms. The van der Waals surface area contributed by atoms with E-state index in [2.05, 4.69) is 6.07 Å². The van der Waals surface area contributed by atoms with E-state index in [0.29, 0.717) is 16.2 Å². The number of nitrogens with zero attached hydrogens (tertiary/aromatic N) is 1. The van der Waals surface area contributed by atoms with Gasteiger partial charge in [0, 0.05) is 10.6 Å². The minimum atomic E-state index is -0.433. The van der Waals surface area contributed by atoms with E-state index >= 15 is 0 Å². The second-order valence-corrected chi connectivity index (χ2v) is 4.69. The smallest absolute Gasteiger partial charge is 0.124 e. The van der Waals surface area contributed by atoms with Gasteiger partial charge >= 0.3 is 0 Å². The van der Waals surface area contributed by atoms with Crippen molar-refractivity contribution in [1.29, 1.82) is 5.26 Å². The molecular formula is C15H8Cl2FN. The Bertz CT molecular complexity index is 670. The topological polar surface area (TPSA) is 23.8 Å². The second-order valence-electron chi connectivity index (χ2n) is 3.85. The third-order valence-corrected chi connectivity index (χ3v) is 3.09. The number of rotatable bonds is 2. The lowest BCUT2D eigenvalue weighted by Crippen LogP contribution is -1.85. The molecule has 0 saturated heterocycles. The van der Waals surface area contributed by atoms with Crippen LogP contribution in [0.2, 0.25) is 10.0 Å². The van der Waals surface area contributed by atoms with Crippen molar-refractivity contribution in [3.05, 3.63) is 69.5 Å². The van der Waals surface area contributed by atoms with Gasteiger partial charge in [0.2, 0.25) is 0 Å². The molecule has 0 unspecified atom stereocenters. The van der Waals surface area contributed by atoms with E-state index in [4.69, 9.17) is 23.2 Å². The molecule has 0 aliphatic carbocycles. The van der Waals surface area contributed by atoms with Crippen molar-refractivity contribution in [2.24, 2.45) is 0 Å². The van der Waals surface area contributed by atoms with Crippen LogP contribution in [-0.2, 0) is 0 Å². The predicted molar refractivity (Wildman–Crippen MR) is 76.3 cm³/mol. The summed E-state index contributed by atoms with van der Waals surface area (Å²) in [6.07, 6.45) is 1.68. The first-order valence-electron chi connectivity index (χ1n) is 5.43. The van der Waals surface area contributed by atoms with E-state index < -0.39 is 5.82 Å². The van der Waals surface area contributed by atoms with E-state index in [0.717, 1.165) is 5.56 Å². The highest BCUT2D eigenvalue weighted by Gasteiger charge is 2.07. The summed E-state index contributed by atoms with van der Waals surface area (Å²) >= 11 is 11.7. The van der Waals surface area contributed by atoms with E-state index in [1.54, 1.807) is 30.3 Å². The molecule has 2 rings (SSSR count). The molecule has 1 nitrogen and oxygen atoms in total. The van der Waals surface area contributed by atoms with E-state index in [9.17, 15) is 9.65 Å². The van der Waals surface area contributed by atoms with Crippen LogP contribution in [0, 0.1) is 17.1 Å². The molecule has 0 fully saturated rings. The Kier molecular flexibility index (Phi) is 4.21. The number of hydrogen-bond acceptors (Lipinski definition) is 1. The molecule has 0 amide bonds. The largest absolute Gasteiger partial charge is 0.207 e. The first-order valence-corrected chi connectivity index (χ1v) is 6.18. The summed E-state index contributed by atoms with van der Waals surface area (Å²) in [5, 5.41) is 10.0. The number of halogens is 3. The van der Waals surface area contributed by atoms with Crippen LogP contribution in [0.4, 0.5) is 4.39 Å². The maximum atomic E-state index is 13.0. The zero-order valence-electron chi connectivity index (χ0n) is 9.70. The lowest BCUT2D eigenvalue weighted by Gasteiger charge is -2.03. The Balaban J connectivity index is 2.45. The van der Waals surface area contributed by atoms with Crippen LogP contribution in [-0.4, -0.2) is 0 Å². The van der Waals surface area contributed by atoms with Crippen molar-refractivity contribution in [3.63, 3.8) is 0 Å². The van der Waals surface area contributed by atoms with Crippen molar-refractivity contribution in [1.82, 2.24) is 0 Å². The summed E-state index contributed by atoms with van der Waals surface area (Å²) in [4.78, 5) is 0. The molecule has 2 aromatic rings. The Labute approximate surface area is 120 Å². The lowest BCUT2D eigenvalue weighted by molar-refractivity contribution is 0.628. The van der Waals surface area contributed by atoms with Gasteiger partial charge in [-0.05, 0) is 42.0 Å². The van der Waals surface area contributed by atoms with Gasteiger partial charge in [-0.1, -0.05) is 35.3 Å². The van der Waals surface area contributed by atoms with Gasteiger partial charge in [-0.15, -0.1) is 0 Å². The highest BCUT2D eigenvalue weighted by atomic mass is 35.5. The Morgan fingerprint density at radius 1 is 1.11 bits per heavy atom. The zero-order valence-corrected chi connectivity index (χ0v) is 11.2. The molecule has 0 radical (unpaired) electrons. The van der Waals surface area contributed by atoms with Crippen LogP contribution in [0.25, 0.3) is 11.6 Å². The monoisotopic (exact) mass is 291 g/mol. The van der Waals surface area contributed by atoms with E-state index in [1.165, 1.54) is 18.2 Å². The number of allylic oxidation sites excluding steroid dienone is 1. The molecule has 2 aromatic carbocycles. The minimum absolute atomic E-state index is 0.210. The van der Waals surface area contributed by atoms with Gasteiger partial charge in [0.15, 0.2) is 0 Å². The van der Waals surface area contributed by atoms with Crippen LogP contribution in [0.1, 0.15) is 11.1 Å². The standard InChI is InChI=1S/C15H8Cl2FN/c16-12-3-1-10(2-4-12)7-11(9-19)14-6-5-13(18)8-15(14)17/h1-8H. The molecule has 0 atom stereocenters. The van der Waals surface area contributed by atoms with Crippen molar-refractivity contribution in [2.45, 2.75) is 0 Å². The van der Waals surface area contributed by atoms with E-state index in [-0.39, 0.29) is 5.02 Å². The van der Waals surface area contributed by atoms with Gasteiger partial charge in [0.05, 0.1) is 16.7 Å². The fourth-order valence-electron chi connectivity index (χ4n) is 1.60. The average molecular weight is 292 g/mol. The highest BCUT2D eigenvalue weighted by Crippen LogP contribution is 2.26. The van der Waals surface area contributed by atoms with E-state index in [1.807, 2.05) is 0 Å². The fourth-order valence-corrected chi connectivity index (χ4v) is 2.00.